The summed E-state index contributed by atoms with van der Waals surface area (Å²) in [6.07, 6.45) is 4.54. The monoisotopic (exact) mass is 412 g/mol. The summed E-state index contributed by atoms with van der Waals surface area (Å²) in [4.78, 5) is 4.48. The van der Waals surface area contributed by atoms with Crippen LogP contribution in [0.25, 0.3) is 12.2 Å². The number of aliphatic imine (C=N–C) groups is 1. The number of aryl methyl sites for hydroxylation is 1. The molecular formula is C23H25FN2O2S. The predicted molar refractivity (Wildman–Crippen MR) is 116 cm³/mol. The second-order valence-electron chi connectivity index (χ2n) is 8.78. The lowest BCUT2D eigenvalue weighted by Crippen LogP contribution is -2.55. The Morgan fingerprint density at radius 1 is 1.03 bits per heavy atom. The second-order valence-corrected chi connectivity index (χ2v) is 11.3. The van der Waals surface area contributed by atoms with Crippen molar-refractivity contribution in [2.45, 2.75) is 44.4 Å². The van der Waals surface area contributed by atoms with E-state index in [1.807, 2.05) is 19.1 Å². The molecule has 4 nitrogen and oxygen atoms in total. The van der Waals surface area contributed by atoms with Crippen molar-refractivity contribution in [2.24, 2.45) is 10.7 Å². The van der Waals surface area contributed by atoms with Crippen LogP contribution in [0.2, 0.25) is 0 Å². The summed E-state index contributed by atoms with van der Waals surface area (Å²) in [5, 5.41) is 0. The zero-order valence-corrected chi connectivity index (χ0v) is 17.9. The second kappa shape index (κ2) is 6.26. The van der Waals surface area contributed by atoms with Gasteiger partial charge in [-0.25, -0.2) is 12.8 Å². The van der Waals surface area contributed by atoms with Gasteiger partial charge in [-0.05, 0) is 68.5 Å². The molecule has 0 aromatic heterocycles. The summed E-state index contributed by atoms with van der Waals surface area (Å²) in [5.74, 6) is -0.736. The van der Waals surface area contributed by atoms with Gasteiger partial charge in [-0.15, -0.1) is 0 Å². The number of hydrogen-bond acceptors (Lipinski definition) is 4. The average Bonchev–Trinajstić information content (AvgIpc) is 2.77. The highest BCUT2D eigenvalue weighted by atomic mass is 32.2. The molecule has 0 unspecified atom stereocenters. The lowest BCUT2D eigenvalue weighted by atomic mass is 9.88. The Kier molecular flexibility index (Phi) is 4.28. The van der Waals surface area contributed by atoms with E-state index in [2.05, 4.69) is 23.2 Å². The van der Waals surface area contributed by atoms with Crippen LogP contribution in [-0.2, 0) is 21.8 Å². The normalized spacial score (nSPS) is 24.2. The Hall–Kier alpha value is -2.47. The van der Waals surface area contributed by atoms with Crippen molar-refractivity contribution < 1.29 is 12.8 Å². The van der Waals surface area contributed by atoms with E-state index in [4.69, 9.17) is 5.73 Å². The molecule has 4 rings (SSSR count). The maximum absolute atomic E-state index is 15.2. The Bertz CT molecular complexity index is 1200. The number of halogens is 1. The largest absolute Gasteiger partial charge is 0.386 e. The van der Waals surface area contributed by atoms with Gasteiger partial charge >= 0.3 is 0 Å². The SMILES string of the molecule is Cc1ccc2c(c1)Cc1cc([C@]3(C)CS(=O)(=O)C(C)(C)C(N)=N3)c(F)cc1C=C2. The van der Waals surface area contributed by atoms with E-state index in [1.165, 1.54) is 19.9 Å². The van der Waals surface area contributed by atoms with Crippen molar-refractivity contribution >= 4 is 27.8 Å². The van der Waals surface area contributed by atoms with Gasteiger partial charge in [0.05, 0.1) is 5.75 Å². The summed E-state index contributed by atoms with van der Waals surface area (Å²) in [5.41, 5.74) is 10.2. The molecule has 2 aliphatic rings. The smallest absolute Gasteiger partial charge is 0.165 e. The topological polar surface area (TPSA) is 72.5 Å². The minimum absolute atomic E-state index is 0.0152. The first-order chi connectivity index (χ1) is 13.4. The molecule has 1 heterocycles. The van der Waals surface area contributed by atoms with E-state index < -0.39 is 25.9 Å². The molecular weight excluding hydrogens is 387 g/mol. The highest BCUT2D eigenvalue weighted by molar-refractivity contribution is 7.93. The van der Waals surface area contributed by atoms with Gasteiger partial charge in [-0.1, -0.05) is 35.9 Å². The van der Waals surface area contributed by atoms with Crippen LogP contribution in [0.4, 0.5) is 4.39 Å². The quantitative estimate of drug-likeness (QED) is 0.657. The zero-order chi connectivity index (χ0) is 21.2. The maximum Gasteiger partial charge on any atom is 0.165 e. The first-order valence-corrected chi connectivity index (χ1v) is 11.3. The van der Waals surface area contributed by atoms with Crippen LogP contribution < -0.4 is 5.73 Å². The van der Waals surface area contributed by atoms with E-state index in [0.29, 0.717) is 6.42 Å². The van der Waals surface area contributed by atoms with Crippen molar-refractivity contribution in [3.05, 3.63) is 69.5 Å². The van der Waals surface area contributed by atoms with Crippen molar-refractivity contribution in [1.29, 1.82) is 0 Å². The molecule has 152 valence electrons. The predicted octanol–water partition coefficient (Wildman–Crippen LogP) is 3.99. The number of hydrogen-bond donors (Lipinski definition) is 1. The van der Waals surface area contributed by atoms with Crippen LogP contribution in [0.3, 0.4) is 0 Å². The van der Waals surface area contributed by atoms with E-state index in [9.17, 15) is 8.42 Å². The number of benzene rings is 2. The van der Waals surface area contributed by atoms with Crippen LogP contribution in [0.5, 0.6) is 0 Å². The van der Waals surface area contributed by atoms with Gasteiger partial charge in [0.15, 0.2) is 9.84 Å². The molecule has 6 heteroatoms. The lowest BCUT2D eigenvalue weighted by Gasteiger charge is -2.38. The Morgan fingerprint density at radius 2 is 1.69 bits per heavy atom. The third-order valence-corrected chi connectivity index (χ3v) is 8.87. The molecule has 2 aromatic carbocycles. The number of nitrogens with two attached hydrogens (primary N) is 1. The number of rotatable bonds is 1. The third-order valence-electron chi connectivity index (χ3n) is 6.16. The molecule has 0 radical (unpaired) electrons. The average molecular weight is 413 g/mol. The highest BCUT2D eigenvalue weighted by Gasteiger charge is 2.49. The fourth-order valence-corrected chi connectivity index (χ4v) is 5.76. The molecule has 29 heavy (non-hydrogen) atoms. The van der Waals surface area contributed by atoms with Gasteiger partial charge in [0.25, 0.3) is 0 Å². The molecule has 2 N–H and O–H groups in total. The van der Waals surface area contributed by atoms with Gasteiger partial charge in [-0.2, -0.15) is 0 Å². The van der Waals surface area contributed by atoms with Crippen LogP contribution in [0.15, 0.2) is 35.3 Å². The first-order valence-electron chi connectivity index (χ1n) is 9.62. The third kappa shape index (κ3) is 3.10. The molecule has 2 aromatic rings. The molecule has 0 saturated carbocycles. The van der Waals surface area contributed by atoms with Crippen molar-refractivity contribution in [3.8, 4) is 0 Å². The number of nitrogens with zero attached hydrogens (tertiary/aromatic N) is 1. The minimum atomic E-state index is -3.60. The van der Waals surface area contributed by atoms with Gasteiger partial charge in [0.2, 0.25) is 0 Å². The summed E-state index contributed by atoms with van der Waals surface area (Å²) in [6.45, 7) is 6.76. The Labute approximate surface area is 171 Å². The Morgan fingerprint density at radius 3 is 2.38 bits per heavy atom. The van der Waals surface area contributed by atoms with Crippen molar-refractivity contribution in [1.82, 2.24) is 0 Å². The molecule has 0 amide bonds. The standard InChI is InChI=1S/C23H25FN2O2S/c1-14-5-6-15-7-8-16-12-20(24)19(11-18(16)10-17(15)9-14)23(4)13-29(27,28)22(2,3)21(25)26-23/h5-9,11-12H,10,13H2,1-4H3,(H2,25,26)/t23-/m0/s1. The van der Waals surface area contributed by atoms with Crippen LogP contribution in [-0.4, -0.2) is 24.8 Å². The summed E-state index contributed by atoms with van der Waals surface area (Å²) in [7, 11) is -3.60. The van der Waals surface area contributed by atoms with Crippen LogP contribution in [0.1, 0.15) is 54.2 Å². The van der Waals surface area contributed by atoms with Crippen LogP contribution in [0, 0.1) is 12.7 Å². The van der Waals surface area contributed by atoms with E-state index in [0.717, 1.165) is 27.8 Å². The maximum atomic E-state index is 15.2. The van der Waals surface area contributed by atoms with E-state index in [1.54, 1.807) is 13.0 Å². The molecule has 0 bridgehead atoms. The number of amidine groups is 1. The molecule has 0 fully saturated rings. The lowest BCUT2D eigenvalue weighted by molar-refractivity contribution is 0.475. The summed E-state index contributed by atoms with van der Waals surface area (Å²) < 4.78 is 39.6. The van der Waals surface area contributed by atoms with Crippen molar-refractivity contribution in [2.75, 3.05) is 5.75 Å². The van der Waals surface area contributed by atoms with Crippen molar-refractivity contribution in [3.63, 3.8) is 0 Å². The van der Waals surface area contributed by atoms with Gasteiger partial charge < -0.3 is 5.73 Å². The summed E-state index contributed by atoms with van der Waals surface area (Å²) in [6, 6.07) is 9.48. The highest BCUT2D eigenvalue weighted by Crippen LogP contribution is 2.39. The zero-order valence-electron chi connectivity index (χ0n) is 17.1. The van der Waals surface area contributed by atoms with Gasteiger partial charge in [-0.3, -0.25) is 4.99 Å². The molecule has 1 aliphatic carbocycles. The summed E-state index contributed by atoms with van der Waals surface area (Å²) >= 11 is 0. The van der Waals surface area contributed by atoms with Gasteiger partial charge in [0.1, 0.15) is 21.9 Å². The first kappa shape index (κ1) is 19.8. The number of sulfone groups is 1. The molecule has 1 atom stereocenters. The fourth-order valence-electron chi connectivity index (χ4n) is 4.07. The fraction of sp³-hybridized carbons (Fsp3) is 0.348. The Balaban J connectivity index is 1.87. The number of fused-ring (bicyclic) bond motifs is 2. The van der Waals surface area contributed by atoms with E-state index in [-0.39, 0.29) is 17.2 Å². The molecule has 0 spiro atoms. The minimum Gasteiger partial charge on any atom is -0.386 e. The molecule has 0 saturated heterocycles. The van der Waals surface area contributed by atoms with Crippen LogP contribution >= 0.6 is 0 Å². The molecule has 1 aliphatic heterocycles. The van der Waals surface area contributed by atoms with E-state index >= 15 is 4.39 Å². The van der Waals surface area contributed by atoms with Gasteiger partial charge in [0, 0.05) is 5.56 Å².